The standard InChI is InChI=1S/C24H26N4O4/c1-31-19-6-5-15(12-17(19)23(26)30)24-27-18-10-13(9-16(22(25)29)14-3-4-14)11-20-21(18)28(24)7-2-8-32-20/h5-6,10-12,14,16H,2-4,7-9H2,1H3,(H2,25,29)(H2,26,30)/t16-/m0/s1. The lowest BCUT2D eigenvalue weighted by Gasteiger charge is -2.13. The van der Waals surface area contributed by atoms with Crippen LogP contribution in [0.3, 0.4) is 0 Å². The molecule has 32 heavy (non-hydrogen) atoms. The molecule has 0 saturated heterocycles. The monoisotopic (exact) mass is 434 g/mol. The molecule has 0 unspecified atom stereocenters. The van der Waals surface area contributed by atoms with Crippen LogP contribution < -0.4 is 20.9 Å². The van der Waals surface area contributed by atoms with Crippen LogP contribution in [0.2, 0.25) is 0 Å². The average molecular weight is 434 g/mol. The first-order valence-corrected chi connectivity index (χ1v) is 10.9. The zero-order chi connectivity index (χ0) is 22.4. The van der Waals surface area contributed by atoms with Crippen molar-refractivity contribution in [2.45, 2.75) is 32.2 Å². The molecule has 0 spiro atoms. The molecule has 2 amide bonds. The van der Waals surface area contributed by atoms with Crippen LogP contribution in [-0.2, 0) is 17.8 Å². The van der Waals surface area contributed by atoms with E-state index in [9.17, 15) is 9.59 Å². The van der Waals surface area contributed by atoms with E-state index in [1.54, 1.807) is 12.1 Å². The van der Waals surface area contributed by atoms with Crippen LogP contribution in [-0.4, -0.2) is 35.1 Å². The zero-order valence-corrected chi connectivity index (χ0v) is 18.0. The number of rotatable bonds is 7. The summed E-state index contributed by atoms with van der Waals surface area (Å²) in [5.74, 6) is 1.34. The maximum absolute atomic E-state index is 12.0. The van der Waals surface area contributed by atoms with Crippen LogP contribution in [0.25, 0.3) is 22.4 Å². The van der Waals surface area contributed by atoms with E-state index in [0.29, 0.717) is 30.3 Å². The van der Waals surface area contributed by atoms with Crippen molar-refractivity contribution in [2.75, 3.05) is 13.7 Å². The number of nitrogens with two attached hydrogens (primary N) is 2. The molecular weight excluding hydrogens is 408 g/mol. The van der Waals surface area contributed by atoms with Gasteiger partial charge in [0.05, 0.1) is 24.8 Å². The molecular formula is C24H26N4O4. The summed E-state index contributed by atoms with van der Waals surface area (Å²) in [6.07, 6.45) is 3.52. The Morgan fingerprint density at radius 1 is 1.25 bits per heavy atom. The number of nitrogens with zero attached hydrogens (tertiary/aromatic N) is 2. The number of carbonyl (C=O) groups is 2. The fourth-order valence-electron chi connectivity index (χ4n) is 4.65. The van der Waals surface area contributed by atoms with Gasteiger partial charge in [0, 0.05) is 18.0 Å². The van der Waals surface area contributed by atoms with Crippen LogP contribution in [0.1, 0.15) is 35.2 Å². The second kappa shape index (κ2) is 7.85. The van der Waals surface area contributed by atoms with E-state index in [1.165, 1.54) is 7.11 Å². The van der Waals surface area contributed by atoms with E-state index in [2.05, 4.69) is 4.57 Å². The van der Waals surface area contributed by atoms with Gasteiger partial charge in [0.2, 0.25) is 5.91 Å². The fourth-order valence-corrected chi connectivity index (χ4v) is 4.65. The SMILES string of the molecule is COc1ccc(-c2nc3cc(C[C@H](C(N)=O)C4CC4)cc4c3n2CCCO4)cc1C(N)=O. The molecule has 0 radical (unpaired) electrons. The van der Waals surface area contributed by atoms with E-state index in [4.69, 9.17) is 25.9 Å². The topological polar surface area (TPSA) is 122 Å². The van der Waals surface area contributed by atoms with Crippen LogP contribution in [0.4, 0.5) is 0 Å². The second-order valence-corrected chi connectivity index (χ2v) is 8.58. The molecule has 1 atom stereocenters. The summed E-state index contributed by atoms with van der Waals surface area (Å²) in [7, 11) is 1.51. The Balaban J connectivity index is 1.62. The second-order valence-electron chi connectivity index (χ2n) is 8.58. The molecule has 1 saturated carbocycles. The molecule has 5 rings (SSSR count). The van der Waals surface area contributed by atoms with Gasteiger partial charge in [-0.05, 0) is 67.5 Å². The summed E-state index contributed by atoms with van der Waals surface area (Å²) >= 11 is 0. The highest BCUT2D eigenvalue weighted by atomic mass is 16.5. The molecule has 8 nitrogen and oxygen atoms in total. The van der Waals surface area contributed by atoms with Crippen LogP contribution in [0.15, 0.2) is 30.3 Å². The van der Waals surface area contributed by atoms with E-state index < -0.39 is 5.91 Å². The predicted molar refractivity (Wildman–Crippen MR) is 119 cm³/mol. The number of methoxy groups -OCH3 is 1. The number of hydrogen-bond donors (Lipinski definition) is 2. The van der Waals surface area contributed by atoms with Crippen LogP contribution in [0, 0.1) is 11.8 Å². The van der Waals surface area contributed by atoms with Gasteiger partial charge < -0.3 is 25.5 Å². The van der Waals surface area contributed by atoms with Crippen molar-refractivity contribution in [3.63, 3.8) is 0 Å². The lowest BCUT2D eigenvalue weighted by atomic mass is 9.94. The maximum atomic E-state index is 12.0. The van der Waals surface area contributed by atoms with Crippen molar-refractivity contribution in [3.8, 4) is 22.9 Å². The molecule has 2 heterocycles. The number of imidazole rings is 1. The van der Waals surface area contributed by atoms with Crippen LogP contribution >= 0.6 is 0 Å². The van der Waals surface area contributed by atoms with Gasteiger partial charge in [-0.25, -0.2) is 4.98 Å². The highest BCUT2D eigenvalue weighted by Gasteiger charge is 2.35. The number of hydrogen-bond acceptors (Lipinski definition) is 5. The number of ether oxygens (including phenoxy) is 2. The van der Waals surface area contributed by atoms with Crippen molar-refractivity contribution in [1.82, 2.24) is 9.55 Å². The molecule has 166 valence electrons. The van der Waals surface area contributed by atoms with Crippen molar-refractivity contribution in [2.24, 2.45) is 23.3 Å². The Morgan fingerprint density at radius 3 is 2.75 bits per heavy atom. The molecule has 1 aliphatic heterocycles. The smallest absolute Gasteiger partial charge is 0.252 e. The van der Waals surface area contributed by atoms with Gasteiger partial charge in [-0.1, -0.05) is 0 Å². The summed E-state index contributed by atoms with van der Waals surface area (Å²) in [6, 6.07) is 9.35. The van der Waals surface area contributed by atoms with Crippen molar-refractivity contribution in [3.05, 3.63) is 41.5 Å². The van der Waals surface area contributed by atoms with Gasteiger partial charge in [0.25, 0.3) is 5.91 Å². The molecule has 1 aromatic heterocycles. The molecule has 1 fully saturated rings. The number of amides is 2. The normalized spacial score (nSPS) is 16.3. The van der Waals surface area contributed by atoms with E-state index >= 15 is 0 Å². The van der Waals surface area contributed by atoms with Gasteiger partial charge in [0.15, 0.2) is 0 Å². The Bertz CT molecular complexity index is 1230. The van der Waals surface area contributed by atoms with E-state index in [0.717, 1.165) is 59.5 Å². The highest BCUT2D eigenvalue weighted by molar-refractivity contribution is 5.97. The maximum Gasteiger partial charge on any atom is 0.252 e. The van der Waals surface area contributed by atoms with E-state index in [1.807, 2.05) is 18.2 Å². The Hall–Kier alpha value is -3.55. The minimum atomic E-state index is -0.556. The number of aromatic nitrogens is 2. The van der Waals surface area contributed by atoms with E-state index in [-0.39, 0.29) is 11.8 Å². The molecule has 0 bridgehead atoms. The first kappa shape index (κ1) is 20.4. The predicted octanol–water partition coefficient (Wildman–Crippen LogP) is 2.65. The van der Waals surface area contributed by atoms with Crippen molar-refractivity contribution in [1.29, 1.82) is 0 Å². The summed E-state index contributed by atoms with van der Waals surface area (Å²) < 4.78 is 13.5. The summed E-state index contributed by atoms with van der Waals surface area (Å²) in [6.45, 7) is 1.33. The molecule has 8 heteroatoms. The number of carbonyl (C=O) groups excluding carboxylic acids is 2. The lowest BCUT2D eigenvalue weighted by Crippen LogP contribution is -2.26. The third kappa shape index (κ3) is 3.55. The van der Waals surface area contributed by atoms with Gasteiger partial charge >= 0.3 is 0 Å². The quantitative estimate of drug-likeness (QED) is 0.592. The van der Waals surface area contributed by atoms with Gasteiger partial charge in [-0.3, -0.25) is 9.59 Å². The Kier molecular flexibility index (Phi) is 5.00. The third-order valence-corrected chi connectivity index (χ3v) is 6.39. The summed E-state index contributed by atoms with van der Waals surface area (Å²) in [5, 5.41) is 0. The minimum Gasteiger partial charge on any atom is -0.496 e. The average Bonchev–Trinajstić information content (AvgIpc) is 3.57. The van der Waals surface area contributed by atoms with Crippen molar-refractivity contribution < 1.29 is 19.1 Å². The third-order valence-electron chi connectivity index (χ3n) is 6.39. The fraction of sp³-hybridized carbons (Fsp3) is 0.375. The molecule has 2 aliphatic rings. The molecule has 4 N–H and O–H groups in total. The van der Waals surface area contributed by atoms with Crippen LogP contribution in [0.5, 0.6) is 11.5 Å². The molecule has 1 aliphatic carbocycles. The first-order chi connectivity index (χ1) is 15.5. The Labute approximate surface area is 185 Å². The Morgan fingerprint density at radius 2 is 2.06 bits per heavy atom. The largest absolute Gasteiger partial charge is 0.496 e. The number of aryl methyl sites for hydroxylation is 1. The van der Waals surface area contributed by atoms with Crippen molar-refractivity contribution >= 4 is 22.8 Å². The molecule has 2 aromatic carbocycles. The van der Waals surface area contributed by atoms with Gasteiger partial charge in [-0.15, -0.1) is 0 Å². The van der Waals surface area contributed by atoms with Gasteiger partial charge in [0.1, 0.15) is 22.8 Å². The summed E-state index contributed by atoms with van der Waals surface area (Å²) in [5.41, 5.74) is 15.0. The molecule has 3 aromatic rings. The first-order valence-electron chi connectivity index (χ1n) is 10.9. The minimum absolute atomic E-state index is 0.160. The summed E-state index contributed by atoms with van der Waals surface area (Å²) in [4.78, 5) is 28.8. The highest BCUT2D eigenvalue weighted by Crippen LogP contribution is 2.40. The number of benzene rings is 2. The zero-order valence-electron chi connectivity index (χ0n) is 18.0. The number of primary amides is 2. The lowest BCUT2D eigenvalue weighted by molar-refractivity contribution is -0.122. The van der Waals surface area contributed by atoms with Gasteiger partial charge in [-0.2, -0.15) is 0 Å².